The van der Waals surface area contributed by atoms with Crippen LogP contribution in [0.2, 0.25) is 0 Å². The van der Waals surface area contributed by atoms with Gasteiger partial charge >= 0.3 is 0 Å². The molecule has 0 amide bonds. The van der Waals surface area contributed by atoms with Gasteiger partial charge in [-0.1, -0.05) is 13.8 Å². The van der Waals surface area contributed by atoms with E-state index >= 15 is 0 Å². The lowest BCUT2D eigenvalue weighted by molar-refractivity contribution is -0.168. The minimum Gasteiger partial charge on any atom is -0.299 e. The second kappa shape index (κ2) is 2.12. The molecule has 0 aromatic carbocycles. The normalized spacial score (nSPS) is 55.6. The third kappa shape index (κ3) is 0.645. The number of hydrogen-bond acceptors (Lipinski definition) is 2. The molecule has 3 fully saturated rings. The maximum atomic E-state index is 11.8. The molecule has 0 N–H and O–H groups in total. The van der Waals surface area contributed by atoms with Gasteiger partial charge in [-0.15, -0.1) is 0 Å². The summed E-state index contributed by atoms with van der Waals surface area (Å²) in [5.41, 5.74) is 0.0822. The maximum Gasteiger partial charge on any atom is 0.137 e. The summed E-state index contributed by atoms with van der Waals surface area (Å²) in [5.74, 6) is 1.24. The first kappa shape index (κ1) is 8.63. The summed E-state index contributed by atoms with van der Waals surface area (Å²) in [4.78, 5) is 23.6. The molecule has 0 bridgehead atoms. The summed E-state index contributed by atoms with van der Waals surface area (Å²) in [7, 11) is 0. The van der Waals surface area contributed by atoms with Crippen molar-refractivity contribution in [3.63, 3.8) is 0 Å². The highest BCUT2D eigenvalue weighted by molar-refractivity contribution is 5.95. The van der Waals surface area contributed by atoms with Gasteiger partial charge in [0.1, 0.15) is 11.6 Å². The van der Waals surface area contributed by atoms with Crippen LogP contribution in [0, 0.1) is 22.7 Å². The highest BCUT2D eigenvalue weighted by atomic mass is 16.1. The van der Waals surface area contributed by atoms with Gasteiger partial charge in [0.15, 0.2) is 0 Å². The Morgan fingerprint density at radius 2 is 1.29 bits per heavy atom. The molecular formula is C12H16O2. The zero-order valence-corrected chi connectivity index (χ0v) is 8.80. The smallest absolute Gasteiger partial charge is 0.137 e. The Morgan fingerprint density at radius 3 is 1.64 bits per heavy atom. The molecule has 0 atom stereocenters. The van der Waals surface area contributed by atoms with E-state index in [1.165, 1.54) is 0 Å². The van der Waals surface area contributed by atoms with Crippen LogP contribution in [0.5, 0.6) is 0 Å². The Balaban J connectivity index is 2.08. The monoisotopic (exact) mass is 192 g/mol. The molecule has 3 rings (SSSR count). The zero-order valence-electron chi connectivity index (χ0n) is 8.80. The summed E-state index contributed by atoms with van der Waals surface area (Å²) >= 11 is 0. The number of fused-ring (bicyclic) bond motifs is 4. The van der Waals surface area contributed by atoms with E-state index in [9.17, 15) is 9.59 Å². The molecule has 3 saturated carbocycles. The summed E-state index contributed by atoms with van der Waals surface area (Å²) in [6.45, 7) is 4.30. The standard InChI is InChI=1S/C12H16O2/c1-11-5-3-7(13)9(11)12(2)6-4-8(14)10(11)12/h9-10H,3-6H2,1-2H3. The molecule has 3 aliphatic rings. The molecule has 3 aliphatic carbocycles. The molecule has 0 spiro atoms. The second-order valence-corrected chi connectivity index (χ2v) is 5.81. The van der Waals surface area contributed by atoms with E-state index in [1.54, 1.807) is 0 Å². The van der Waals surface area contributed by atoms with E-state index in [4.69, 9.17) is 0 Å². The van der Waals surface area contributed by atoms with E-state index in [2.05, 4.69) is 13.8 Å². The average Bonchev–Trinajstić information content (AvgIpc) is 2.49. The van der Waals surface area contributed by atoms with Gasteiger partial charge in [-0.3, -0.25) is 9.59 Å². The van der Waals surface area contributed by atoms with E-state index in [0.717, 1.165) is 12.8 Å². The Hall–Kier alpha value is -0.660. The van der Waals surface area contributed by atoms with Crippen LogP contribution in [0.1, 0.15) is 39.5 Å². The highest BCUT2D eigenvalue weighted by Gasteiger charge is 2.74. The first-order valence-electron chi connectivity index (χ1n) is 5.55. The molecule has 2 heteroatoms. The molecule has 0 aromatic rings. The summed E-state index contributed by atoms with van der Waals surface area (Å²) in [6, 6.07) is 0. The molecule has 0 heterocycles. The summed E-state index contributed by atoms with van der Waals surface area (Å²) in [5, 5.41) is 0. The minimum absolute atomic E-state index is 0.0411. The Bertz CT molecular complexity index is 300. The van der Waals surface area contributed by atoms with Crippen LogP contribution in [0.15, 0.2) is 0 Å². The lowest BCUT2D eigenvalue weighted by Gasteiger charge is -2.59. The molecule has 0 unspecified atom stereocenters. The number of hydrogen-bond donors (Lipinski definition) is 0. The van der Waals surface area contributed by atoms with Crippen LogP contribution in [-0.2, 0) is 9.59 Å². The number of carbonyl (C=O) groups is 2. The third-order valence-electron chi connectivity index (χ3n) is 5.10. The second-order valence-electron chi connectivity index (χ2n) is 5.81. The van der Waals surface area contributed by atoms with Crippen molar-refractivity contribution >= 4 is 11.6 Å². The Morgan fingerprint density at radius 1 is 0.929 bits per heavy atom. The van der Waals surface area contributed by atoms with Crippen molar-refractivity contribution in [2.75, 3.05) is 0 Å². The summed E-state index contributed by atoms with van der Waals surface area (Å²) in [6.07, 6.45) is 3.31. The quantitative estimate of drug-likeness (QED) is 0.588. The molecule has 0 aliphatic heterocycles. The van der Waals surface area contributed by atoms with Crippen LogP contribution in [0.25, 0.3) is 0 Å². The van der Waals surface area contributed by atoms with Gasteiger partial charge in [0.2, 0.25) is 0 Å². The fraction of sp³-hybridized carbons (Fsp3) is 0.833. The van der Waals surface area contributed by atoms with Crippen molar-refractivity contribution in [3.05, 3.63) is 0 Å². The molecule has 76 valence electrons. The Labute approximate surface area is 84.1 Å². The van der Waals surface area contributed by atoms with E-state index in [0.29, 0.717) is 24.4 Å². The van der Waals surface area contributed by atoms with E-state index in [-0.39, 0.29) is 22.7 Å². The number of rotatable bonds is 0. The number of Topliss-reactive ketones (excluding diaryl/α,β-unsaturated/α-hetero) is 2. The van der Waals surface area contributed by atoms with Crippen LogP contribution >= 0.6 is 0 Å². The van der Waals surface area contributed by atoms with Gasteiger partial charge in [0, 0.05) is 24.7 Å². The van der Waals surface area contributed by atoms with E-state index < -0.39 is 0 Å². The first-order chi connectivity index (χ1) is 6.50. The van der Waals surface area contributed by atoms with Gasteiger partial charge in [-0.25, -0.2) is 0 Å². The van der Waals surface area contributed by atoms with Crippen molar-refractivity contribution in [2.24, 2.45) is 22.7 Å². The average molecular weight is 192 g/mol. The number of ketones is 2. The fourth-order valence-electron chi connectivity index (χ4n) is 4.87. The molecule has 0 radical (unpaired) electrons. The van der Waals surface area contributed by atoms with Crippen molar-refractivity contribution in [3.8, 4) is 0 Å². The van der Waals surface area contributed by atoms with Gasteiger partial charge in [-0.05, 0) is 23.7 Å². The Kier molecular flexibility index (Phi) is 1.31. The van der Waals surface area contributed by atoms with Crippen molar-refractivity contribution in [2.45, 2.75) is 39.5 Å². The van der Waals surface area contributed by atoms with Gasteiger partial charge in [-0.2, -0.15) is 0 Å². The SMILES string of the molecule is CC12CCC(=O)C1C1(C)CCC(=O)C21. The predicted molar refractivity (Wildman–Crippen MR) is 51.7 cm³/mol. The summed E-state index contributed by atoms with van der Waals surface area (Å²) < 4.78 is 0. The molecule has 0 saturated heterocycles. The highest BCUT2D eigenvalue weighted by Crippen LogP contribution is 2.73. The fourth-order valence-corrected chi connectivity index (χ4v) is 4.87. The van der Waals surface area contributed by atoms with Gasteiger partial charge < -0.3 is 0 Å². The third-order valence-corrected chi connectivity index (χ3v) is 5.10. The lowest BCUT2D eigenvalue weighted by atomic mass is 9.42. The van der Waals surface area contributed by atoms with Crippen LogP contribution in [-0.4, -0.2) is 11.6 Å². The molecule has 2 nitrogen and oxygen atoms in total. The van der Waals surface area contributed by atoms with Crippen LogP contribution in [0.3, 0.4) is 0 Å². The zero-order chi connectivity index (χ0) is 10.1. The van der Waals surface area contributed by atoms with Crippen LogP contribution < -0.4 is 0 Å². The van der Waals surface area contributed by atoms with Crippen molar-refractivity contribution in [1.29, 1.82) is 0 Å². The largest absolute Gasteiger partial charge is 0.299 e. The molecular weight excluding hydrogens is 176 g/mol. The molecule has 0 aromatic heterocycles. The maximum absolute atomic E-state index is 11.8. The minimum atomic E-state index is 0.0411. The predicted octanol–water partition coefficient (Wildman–Crippen LogP) is 1.97. The van der Waals surface area contributed by atoms with Gasteiger partial charge in [0.25, 0.3) is 0 Å². The first-order valence-corrected chi connectivity index (χ1v) is 5.55. The van der Waals surface area contributed by atoms with Crippen molar-refractivity contribution in [1.82, 2.24) is 0 Å². The number of carbonyl (C=O) groups excluding carboxylic acids is 2. The van der Waals surface area contributed by atoms with Gasteiger partial charge in [0.05, 0.1) is 0 Å². The van der Waals surface area contributed by atoms with Crippen LogP contribution in [0.4, 0.5) is 0 Å². The topological polar surface area (TPSA) is 34.1 Å². The van der Waals surface area contributed by atoms with E-state index in [1.807, 2.05) is 0 Å². The van der Waals surface area contributed by atoms with Crippen molar-refractivity contribution < 1.29 is 9.59 Å². The molecule has 14 heavy (non-hydrogen) atoms. The lowest BCUT2D eigenvalue weighted by Crippen LogP contribution is -2.60.